The van der Waals surface area contributed by atoms with E-state index in [0.717, 1.165) is 11.3 Å². The molecule has 0 radical (unpaired) electrons. The van der Waals surface area contributed by atoms with Crippen molar-refractivity contribution in [2.75, 3.05) is 7.11 Å². The lowest BCUT2D eigenvalue weighted by molar-refractivity contribution is -0.138. The molecule has 0 heterocycles. The number of carboxylic acids is 1. The number of ether oxygens (including phenoxy) is 1. The molecule has 0 aliphatic carbocycles. The van der Waals surface area contributed by atoms with Crippen LogP contribution in [0.1, 0.15) is 18.4 Å². The summed E-state index contributed by atoms with van der Waals surface area (Å²) in [5.74, 6) is -0.404. The Kier molecular flexibility index (Phi) is 4.94. The molecular weight excluding hydrogens is 220 g/mol. The van der Waals surface area contributed by atoms with Crippen molar-refractivity contribution in [1.82, 2.24) is 0 Å². The zero-order chi connectivity index (χ0) is 12.7. The van der Waals surface area contributed by atoms with Crippen LogP contribution in [0.3, 0.4) is 0 Å². The van der Waals surface area contributed by atoms with Crippen LogP contribution in [0.4, 0.5) is 0 Å². The Morgan fingerprint density at radius 2 is 1.88 bits per heavy atom. The van der Waals surface area contributed by atoms with Crippen molar-refractivity contribution in [1.29, 1.82) is 0 Å². The maximum Gasteiger partial charge on any atom is 0.303 e. The van der Waals surface area contributed by atoms with Gasteiger partial charge >= 0.3 is 5.97 Å². The van der Waals surface area contributed by atoms with Gasteiger partial charge in [0.1, 0.15) is 5.75 Å². The highest BCUT2D eigenvalue weighted by atomic mass is 16.5. The fourth-order valence-corrected chi connectivity index (χ4v) is 1.22. The van der Waals surface area contributed by atoms with Crippen LogP contribution in [-0.4, -0.2) is 24.0 Å². The zero-order valence-corrected chi connectivity index (χ0v) is 9.55. The maximum absolute atomic E-state index is 11.3. The third kappa shape index (κ3) is 4.97. The Bertz CT molecular complexity index is 418. The van der Waals surface area contributed by atoms with Gasteiger partial charge in [-0.15, -0.1) is 0 Å². The van der Waals surface area contributed by atoms with E-state index in [4.69, 9.17) is 9.84 Å². The number of benzene rings is 1. The van der Waals surface area contributed by atoms with Crippen LogP contribution in [-0.2, 0) is 9.59 Å². The smallest absolute Gasteiger partial charge is 0.303 e. The highest BCUT2D eigenvalue weighted by Gasteiger charge is 2.01. The van der Waals surface area contributed by atoms with Crippen LogP contribution in [0.5, 0.6) is 5.75 Å². The quantitative estimate of drug-likeness (QED) is 0.766. The second-order valence-electron chi connectivity index (χ2n) is 3.47. The second-order valence-corrected chi connectivity index (χ2v) is 3.47. The Hall–Kier alpha value is -2.10. The first-order valence-electron chi connectivity index (χ1n) is 5.18. The molecule has 17 heavy (non-hydrogen) atoms. The topological polar surface area (TPSA) is 63.6 Å². The van der Waals surface area contributed by atoms with Crippen LogP contribution in [0.2, 0.25) is 0 Å². The summed E-state index contributed by atoms with van der Waals surface area (Å²) < 4.78 is 5.00. The van der Waals surface area contributed by atoms with Crippen molar-refractivity contribution in [2.24, 2.45) is 0 Å². The van der Waals surface area contributed by atoms with E-state index in [2.05, 4.69) is 0 Å². The summed E-state index contributed by atoms with van der Waals surface area (Å²) in [7, 11) is 1.58. The highest BCUT2D eigenvalue weighted by molar-refractivity contribution is 5.95. The molecule has 90 valence electrons. The van der Waals surface area contributed by atoms with E-state index in [0.29, 0.717) is 0 Å². The molecule has 0 aliphatic rings. The first kappa shape index (κ1) is 13.0. The van der Waals surface area contributed by atoms with Gasteiger partial charge in [-0.05, 0) is 23.8 Å². The number of hydrogen-bond acceptors (Lipinski definition) is 3. The SMILES string of the molecule is COc1ccc(C=CC(=O)CCC(=O)O)cc1. The van der Waals surface area contributed by atoms with Crippen molar-refractivity contribution >= 4 is 17.8 Å². The lowest BCUT2D eigenvalue weighted by atomic mass is 10.1. The van der Waals surface area contributed by atoms with E-state index in [9.17, 15) is 9.59 Å². The van der Waals surface area contributed by atoms with Crippen molar-refractivity contribution in [3.05, 3.63) is 35.9 Å². The van der Waals surface area contributed by atoms with Crippen LogP contribution < -0.4 is 4.74 Å². The summed E-state index contributed by atoms with van der Waals surface area (Å²) in [6, 6.07) is 7.22. The van der Waals surface area contributed by atoms with Gasteiger partial charge in [0.05, 0.1) is 13.5 Å². The van der Waals surface area contributed by atoms with Gasteiger partial charge in [0, 0.05) is 6.42 Å². The molecular formula is C13H14O4. The molecule has 0 aromatic heterocycles. The van der Waals surface area contributed by atoms with Crippen LogP contribution >= 0.6 is 0 Å². The molecule has 1 aromatic rings. The van der Waals surface area contributed by atoms with Gasteiger partial charge in [0.15, 0.2) is 5.78 Å². The lowest BCUT2D eigenvalue weighted by Gasteiger charge is -1.98. The summed E-state index contributed by atoms with van der Waals surface area (Å²) >= 11 is 0. The third-order valence-corrected chi connectivity index (χ3v) is 2.16. The second kappa shape index (κ2) is 6.48. The molecule has 0 unspecified atom stereocenters. The van der Waals surface area contributed by atoms with Gasteiger partial charge in [0.25, 0.3) is 0 Å². The van der Waals surface area contributed by atoms with Gasteiger partial charge in [-0.3, -0.25) is 9.59 Å². The predicted molar refractivity (Wildman–Crippen MR) is 63.9 cm³/mol. The molecule has 1 rings (SSSR count). The lowest BCUT2D eigenvalue weighted by Crippen LogP contribution is -1.99. The van der Waals surface area contributed by atoms with Gasteiger partial charge in [-0.2, -0.15) is 0 Å². The fourth-order valence-electron chi connectivity index (χ4n) is 1.22. The number of hydrogen-bond donors (Lipinski definition) is 1. The van der Waals surface area contributed by atoms with E-state index < -0.39 is 5.97 Å². The summed E-state index contributed by atoms with van der Waals surface area (Å²) in [6.45, 7) is 0. The molecule has 0 amide bonds. The molecule has 0 saturated heterocycles. The standard InChI is InChI=1S/C13H14O4/c1-17-12-7-3-10(4-8-12)2-5-11(14)6-9-13(15)16/h2-5,7-8H,6,9H2,1H3,(H,15,16). The van der Waals surface area contributed by atoms with E-state index in [1.54, 1.807) is 25.3 Å². The number of carbonyl (C=O) groups is 2. The summed E-state index contributed by atoms with van der Waals surface area (Å²) in [5, 5.41) is 8.42. The van der Waals surface area contributed by atoms with E-state index in [1.165, 1.54) is 6.08 Å². The molecule has 0 fully saturated rings. The number of ketones is 1. The van der Waals surface area contributed by atoms with Crippen LogP contribution in [0, 0.1) is 0 Å². The monoisotopic (exact) mass is 234 g/mol. The van der Waals surface area contributed by atoms with Gasteiger partial charge in [-0.1, -0.05) is 18.2 Å². The predicted octanol–water partition coefficient (Wildman–Crippen LogP) is 2.14. The Balaban J connectivity index is 2.51. The van der Waals surface area contributed by atoms with Gasteiger partial charge in [0.2, 0.25) is 0 Å². The largest absolute Gasteiger partial charge is 0.497 e. The number of aliphatic carboxylic acids is 1. The molecule has 1 N–H and O–H groups in total. The highest BCUT2D eigenvalue weighted by Crippen LogP contribution is 2.12. The minimum absolute atomic E-state index is 0.0298. The summed E-state index contributed by atoms with van der Waals surface area (Å²) in [5.41, 5.74) is 0.870. The molecule has 4 nitrogen and oxygen atoms in total. The molecule has 0 saturated carbocycles. The number of allylic oxidation sites excluding steroid dienone is 1. The molecule has 1 aromatic carbocycles. The summed E-state index contributed by atoms with van der Waals surface area (Å²) in [6.07, 6.45) is 2.95. The third-order valence-electron chi connectivity index (χ3n) is 2.16. The molecule has 0 bridgehead atoms. The molecule has 0 aliphatic heterocycles. The Morgan fingerprint density at radius 1 is 1.24 bits per heavy atom. The minimum Gasteiger partial charge on any atom is -0.497 e. The van der Waals surface area contributed by atoms with Crippen LogP contribution in [0.25, 0.3) is 6.08 Å². The first-order valence-corrected chi connectivity index (χ1v) is 5.18. The molecule has 4 heteroatoms. The number of methoxy groups -OCH3 is 1. The maximum atomic E-state index is 11.3. The zero-order valence-electron chi connectivity index (χ0n) is 9.55. The van der Waals surface area contributed by atoms with E-state index in [-0.39, 0.29) is 18.6 Å². The van der Waals surface area contributed by atoms with Crippen molar-refractivity contribution in [3.63, 3.8) is 0 Å². The first-order chi connectivity index (χ1) is 8.11. The fraction of sp³-hybridized carbons (Fsp3) is 0.231. The Morgan fingerprint density at radius 3 is 2.41 bits per heavy atom. The van der Waals surface area contributed by atoms with E-state index >= 15 is 0 Å². The van der Waals surface area contributed by atoms with Gasteiger partial charge < -0.3 is 9.84 Å². The average molecular weight is 234 g/mol. The van der Waals surface area contributed by atoms with Crippen LogP contribution in [0.15, 0.2) is 30.3 Å². The van der Waals surface area contributed by atoms with Crippen molar-refractivity contribution in [2.45, 2.75) is 12.8 Å². The molecule has 0 atom stereocenters. The Labute approximate surface area is 99.5 Å². The average Bonchev–Trinajstić information content (AvgIpc) is 2.34. The van der Waals surface area contributed by atoms with Crippen molar-refractivity contribution in [3.8, 4) is 5.75 Å². The van der Waals surface area contributed by atoms with Gasteiger partial charge in [-0.25, -0.2) is 0 Å². The minimum atomic E-state index is -0.962. The molecule has 0 spiro atoms. The number of carbonyl (C=O) groups excluding carboxylic acids is 1. The number of rotatable bonds is 6. The normalized spacial score (nSPS) is 10.4. The van der Waals surface area contributed by atoms with E-state index in [1.807, 2.05) is 12.1 Å². The summed E-state index contributed by atoms with van der Waals surface area (Å²) in [4.78, 5) is 21.5. The van der Waals surface area contributed by atoms with Crippen molar-refractivity contribution < 1.29 is 19.4 Å². The number of carboxylic acid groups (broad SMARTS) is 1.